The lowest BCUT2D eigenvalue weighted by Gasteiger charge is -2.03. The number of hydrogen-bond donors (Lipinski definition) is 1. The summed E-state index contributed by atoms with van der Waals surface area (Å²) in [6.07, 6.45) is 3.12. The lowest BCUT2D eigenvalue weighted by molar-refractivity contribution is 0.807. The Morgan fingerprint density at radius 2 is 1.94 bits per heavy atom. The van der Waals surface area contributed by atoms with Crippen LogP contribution in [0.25, 0.3) is 17.0 Å². The minimum Gasteiger partial charge on any atom is -0.340 e. The molecule has 0 atom stereocenters. The monoisotopic (exact) mass is 228 g/mol. The van der Waals surface area contributed by atoms with Gasteiger partial charge in [0, 0.05) is 5.69 Å². The van der Waals surface area contributed by atoms with Gasteiger partial charge >= 0.3 is 0 Å². The summed E-state index contributed by atoms with van der Waals surface area (Å²) in [5, 5.41) is 4.49. The van der Waals surface area contributed by atoms with Crippen LogP contribution in [0.2, 0.25) is 0 Å². The number of imidazole rings is 1. The zero-order valence-electron chi connectivity index (χ0n) is 9.89. The van der Waals surface area contributed by atoms with Crippen LogP contribution >= 0.6 is 0 Å². The molecule has 0 radical (unpaired) electrons. The van der Waals surface area contributed by atoms with Crippen molar-refractivity contribution in [2.45, 2.75) is 20.8 Å². The summed E-state index contributed by atoms with van der Waals surface area (Å²) in [5.41, 5.74) is 4.72. The van der Waals surface area contributed by atoms with E-state index in [9.17, 15) is 0 Å². The van der Waals surface area contributed by atoms with Crippen molar-refractivity contribution in [3.8, 4) is 5.82 Å². The van der Waals surface area contributed by atoms with E-state index in [2.05, 4.69) is 32.0 Å². The van der Waals surface area contributed by atoms with Gasteiger partial charge in [-0.1, -0.05) is 0 Å². The van der Waals surface area contributed by atoms with Crippen molar-refractivity contribution in [3.63, 3.8) is 0 Å². The molecule has 0 aliphatic heterocycles. The predicted molar refractivity (Wildman–Crippen MR) is 63.0 cm³/mol. The third kappa shape index (κ3) is 1.33. The van der Waals surface area contributed by atoms with Gasteiger partial charge in [0.1, 0.15) is 11.8 Å². The molecule has 3 rings (SSSR count). The van der Waals surface area contributed by atoms with E-state index in [4.69, 9.17) is 0 Å². The van der Waals surface area contributed by atoms with Crippen LogP contribution < -0.4 is 0 Å². The van der Waals surface area contributed by atoms with Gasteiger partial charge in [-0.3, -0.25) is 0 Å². The zero-order valence-corrected chi connectivity index (χ0v) is 9.89. The second-order valence-electron chi connectivity index (χ2n) is 4.01. The summed E-state index contributed by atoms with van der Waals surface area (Å²) >= 11 is 0. The molecule has 0 amide bonds. The van der Waals surface area contributed by atoms with Crippen molar-refractivity contribution in [2.75, 3.05) is 0 Å². The molecule has 0 aliphatic rings. The van der Waals surface area contributed by atoms with E-state index in [1.165, 1.54) is 11.9 Å². The predicted octanol–water partition coefficient (Wildman–Crippen LogP) is 1.46. The molecule has 6 nitrogen and oxygen atoms in total. The molecule has 1 N–H and O–H groups in total. The first-order valence-corrected chi connectivity index (χ1v) is 5.35. The Labute approximate surface area is 97.7 Å². The standard InChI is InChI=1S/C11H12N6/c1-6-7(2)16-17(8(6)3)11-9-10(13-4-12-9)14-5-15-11/h4-5H,1-3H3,(H,12,13,14,15). The molecule has 6 heteroatoms. The van der Waals surface area contributed by atoms with E-state index in [1.807, 2.05) is 18.5 Å². The number of aryl methyl sites for hydroxylation is 1. The van der Waals surface area contributed by atoms with Crippen molar-refractivity contribution >= 4 is 11.2 Å². The van der Waals surface area contributed by atoms with Crippen LogP contribution in [0.3, 0.4) is 0 Å². The van der Waals surface area contributed by atoms with E-state index in [0.29, 0.717) is 5.65 Å². The summed E-state index contributed by atoms with van der Waals surface area (Å²) in [6.45, 7) is 6.07. The molecule has 0 spiro atoms. The highest BCUT2D eigenvalue weighted by atomic mass is 15.3. The van der Waals surface area contributed by atoms with E-state index in [0.717, 1.165) is 22.7 Å². The summed E-state index contributed by atoms with van der Waals surface area (Å²) < 4.78 is 1.83. The quantitative estimate of drug-likeness (QED) is 0.684. The van der Waals surface area contributed by atoms with Gasteiger partial charge in [-0.2, -0.15) is 5.10 Å². The average Bonchev–Trinajstić information content (AvgIpc) is 2.89. The molecule has 0 fully saturated rings. The number of aromatic nitrogens is 6. The Bertz CT molecular complexity index is 693. The van der Waals surface area contributed by atoms with Gasteiger partial charge < -0.3 is 4.98 Å². The van der Waals surface area contributed by atoms with E-state index in [1.54, 1.807) is 6.33 Å². The van der Waals surface area contributed by atoms with Crippen molar-refractivity contribution < 1.29 is 0 Å². The highest BCUT2D eigenvalue weighted by Crippen LogP contribution is 2.19. The van der Waals surface area contributed by atoms with Crippen LogP contribution in [0.15, 0.2) is 12.7 Å². The fraction of sp³-hybridized carbons (Fsp3) is 0.273. The van der Waals surface area contributed by atoms with Crippen LogP contribution in [0.4, 0.5) is 0 Å². The van der Waals surface area contributed by atoms with Crippen molar-refractivity contribution in [1.29, 1.82) is 0 Å². The third-order valence-corrected chi connectivity index (χ3v) is 3.06. The molecule has 0 saturated heterocycles. The Hall–Kier alpha value is -2.24. The van der Waals surface area contributed by atoms with E-state index in [-0.39, 0.29) is 0 Å². The number of hydrogen-bond acceptors (Lipinski definition) is 4. The summed E-state index contributed by atoms with van der Waals surface area (Å²) in [4.78, 5) is 15.5. The van der Waals surface area contributed by atoms with Crippen LogP contribution in [0.1, 0.15) is 17.0 Å². The van der Waals surface area contributed by atoms with Crippen molar-refractivity contribution in [3.05, 3.63) is 29.6 Å². The first kappa shape index (κ1) is 9.95. The number of nitrogens with one attached hydrogen (secondary N) is 1. The molecule has 3 aromatic rings. The van der Waals surface area contributed by atoms with Gasteiger partial charge in [-0.25, -0.2) is 19.6 Å². The fourth-order valence-corrected chi connectivity index (χ4v) is 1.84. The number of H-pyrrole nitrogens is 1. The Morgan fingerprint density at radius 1 is 1.12 bits per heavy atom. The summed E-state index contributed by atoms with van der Waals surface area (Å²) in [7, 11) is 0. The van der Waals surface area contributed by atoms with Gasteiger partial charge in [0.25, 0.3) is 0 Å². The van der Waals surface area contributed by atoms with Crippen LogP contribution in [0.5, 0.6) is 0 Å². The Balaban J connectivity index is 2.34. The number of fused-ring (bicyclic) bond motifs is 1. The molecule has 0 aliphatic carbocycles. The maximum Gasteiger partial charge on any atom is 0.182 e. The Kier molecular flexibility index (Phi) is 1.98. The molecular formula is C11H12N6. The van der Waals surface area contributed by atoms with Crippen molar-refractivity contribution in [1.82, 2.24) is 29.7 Å². The van der Waals surface area contributed by atoms with Crippen LogP contribution in [-0.4, -0.2) is 29.7 Å². The van der Waals surface area contributed by atoms with Gasteiger partial charge in [0.05, 0.1) is 12.0 Å². The van der Waals surface area contributed by atoms with E-state index < -0.39 is 0 Å². The lowest BCUT2D eigenvalue weighted by Crippen LogP contribution is -2.03. The van der Waals surface area contributed by atoms with Gasteiger partial charge in [-0.05, 0) is 26.3 Å². The molecule has 17 heavy (non-hydrogen) atoms. The SMILES string of the molecule is Cc1nn(-c2ncnc3nc[nH]c23)c(C)c1C. The average molecular weight is 228 g/mol. The maximum absolute atomic E-state index is 4.49. The van der Waals surface area contributed by atoms with Gasteiger partial charge in [-0.15, -0.1) is 0 Å². The Morgan fingerprint density at radius 3 is 2.65 bits per heavy atom. The number of rotatable bonds is 1. The van der Waals surface area contributed by atoms with Gasteiger partial charge in [0.2, 0.25) is 0 Å². The maximum atomic E-state index is 4.49. The van der Waals surface area contributed by atoms with Crippen LogP contribution in [-0.2, 0) is 0 Å². The zero-order chi connectivity index (χ0) is 12.0. The summed E-state index contributed by atoms with van der Waals surface area (Å²) in [5.74, 6) is 0.737. The second-order valence-corrected chi connectivity index (χ2v) is 4.01. The van der Waals surface area contributed by atoms with Crippen LogP contribution in [0, 0.1) is 20.8 Å². The minimum absolute atomic E-state index is 0.653. The van der Waals surface area contributed by atoms with Crippen molar-refractivity contribution in [2.24, 2.45) is 0 Å². The first-order chi connectivity index (χ1) is 8.18. The highest BCUT2D eigenvalue weighted by Gasteiger charge is 2.13. The number of nitrogens with zero attached hydrogens (tertiary/aromatic N) is 5. The molecule has 0 unspecified atom stereocenters. The molecule has 86 valence electrons. The van der Waals surface area contributed by atoms with Gasteiger partial charge in [0.15, 0.2) is 11.5 Å². The summed E-state index contributed by atoms with van der Waals surface area (Å²) in [6, 6.07) is 0. The molecule has 3 heterocycles. The fourth-order valence-electron chi connectivity index (χ4n) is 1.84. The lowest BCUT2D eigenvalue weighted by atomic mass is 10.2. The third-order valence-electron chi connectivity index (χ3n) is 3.06. The molecule has 3 aromatic heterocycles. The molecule has 0 bridgehead atoms. The smallest absolute Gasteiger partial charge is 0.182 e. The second kappa shape index (κ2) is 3.38. The molecular weight excluding hydrogens is 216 g/mol. The minimum atomic E-state index is 0.653. The topological polar surface area (TPSA) is 72.3 Å². The normalized spacial score (nSPS) is 11.2. The first-order valence-electron chi connectivity index (χ1n) is 5.35. The molecule has 0 aromatic carbocycles. The highest BCUT2D eigenvalue weighted by molar-refractivity contribution is 5.77. The largest absolute Gasteiger partial charge is 0.340 e. The molecule has 0 saturated carbocycles. The van der Waals surface area contributed by atoms with E-state index >= 15 is 0 Å². The number of aromatic amines is 1.